The van der Waals surface area contributed by atoms with Crippen molar-refractivity contribution >= 4 is 40.9 Å². The zero-order chi connectivity index (χ0) is 17.7. The third-order valence-corrected chi connectivity index (χ3v) is 3.87. The maximum Gasteiger partial charge on any atom is 0.325 e. The molecule has 0 bridgehead atoms. The van der Waals surface area contributed by atoms with E-state index in [1.165, 1.54) is 13.2 Å². The van der Waals surface area contributed by atoms with Gasteiger partial charge in [0.05, 0.1) is 12.0 Å². The SMILES string of the molecule is COC(=O)CN1C(=O)S/C(=C/c2ccccc2OCC(N)=O)C1=O. The number of primary amides is 1. The second kappa shape index (κ2) is 7.64. The molecule has 1 aromatic rings. The smallest absolute Gasteiger partial charge is 0.325 e. The van der Waals surface area contributed by atoms with Crippen molar-refractivity contribution in [3.8, 4) is 5.75 Å². The summed E-state index contributed by atoms with van der Waals surface area (Å²) >= 11 is 0.706. The topological polar surface area (TPSA) is 116 Å². The molecule has 0 aromatic heterocycles. The van der Waals surface area contributed by atoms with Crippen LogP contribution in [0, 0.1) is 0 Å². The van der Waals surface area contributed by atoms with Gasteiger partial charge < -0.3 is 15.2 Å². The van der Waals surface area contributed by atoms with Crippen LogP contribution < -0.4 is 10.5 Å². The fourth-order valence-electron chi connectivity index (χ4n) is 1.85. The van der Waals surface area contributed by atoms with Crippen molar-refractivity contribution in [2.45, 2.75) is 0 Å². The molecule has 9 heteroatoms. The lowest BCUT2D eigenvalue weighted by molar-refractivity contribution is -0.143. The number of methoxy groups -OCH3 is 1. The summed E-state index contributed by atoms with van der Waals surface area (Å²) in [5.41, 5.74) is 5.54. The van der Waals surface area contributed by atoms with Crippen LogP contribution in [-0.2, 0) is 19.1 Å². The van der Waals surface area contributed by atoms with E-state index in [9.17, 15) is 19.2 Å². The van der Waals surface area contributed by atoms with E-state index in [0.29, 0.717) is 23.1 Å². The molecular formula is C15H14N2O6S. The average Bonchev–Trinajstić information content (AvgIpc) is 2.81. The number of imide groups is 1. The summed E-state index contributed by atoms with van der Waals surface area (Å²) in [7, 11) is 1.17. The number of para-hydroxylation sites is 1. The number of nitrogens with two attached hydrogens (primary N) is 1. The predicted molar refractivity (Wildman–Crippen MR) is 85.8 cm³/mol. The van der Waals surface area contributed by atoms with Crippen LogP contribution in [0.1, 0.15) is 5.56 Å². The summed E-state index contributed by atoms with van der Waals surface area (Å²) in [5.74, 6) is -1.58. The first-order valence-corrected chi connectivity index (χ1v) is 7.56. The fraction of sp³-hybridized carbons (Fsp3) is 0.200. The first kappa shape index (κ1) is 17.5. The van der Waals surface area contributed by atoms with Crippen molar-refractivity contribution in [3.05, 3.63) is 34.7 Å². The van der Waals surface area contributed by atoms with Crippen molar-refractivity contribution < 1.29 is 28.7 Å². The Kier molecular flexibility index (Phi) is 5.59. The molecule has 1 aliphatic rings. The standard InChI is InChI=1S/C15H14N2O6S/c1-22-13(19)7-17-14(20)11(24-15(17)21)6-9-4-2-3-5-10(9)23-8-12(16)18/h2-6H,7-8H2,1H3,(H2,16,18)/b11-6+. The molecule has 0 spiro atoms. The van der Waals surface area contributed by atoms with Gasteiger partial charge in [-0.3, -0.25) is 24.1 Å². The van der Waals surface area contributed by atoms with Crippen molar-refractivity contribution in [1.82, 2.24) is 4.90 Å². The molecule has 0 unspecified atom stereocenters. The van der Waals surface area contributed by atoms with Gasteiger partial charge in [-0.2, -0.15) is 0 Å². The predicted octanol–water partition coefficient (Wildman–Crippen LogP) is 0.760. The zero-order valence-corrected chi connectivity index (χ0v) is 13.5. The minimum atomic E-state index is -0.691. The summed E-state index contributed by atoms with van der Waals surface area (Å²) in [4.78, 5) is 47.1. The lowest BCUT2D eigenvalue weighted by Crippen LogP contribution is -2.34. The Morgan fingerprint density at radius 3 is 2.67 bits per heavy atom. The maximum atomic E-state index is 12.2. The molecule has 8 nitrogen and oxygen atoms in total. The Morgan fingerprint density at radius 1 is 1.29 bits per heavy atom. The highest BCUT2D eigenvalue weighted by Crippen LogP contribution is 2.33. The van der Waals surface area contributed by atoms with Gasteiger partial charge in [-0.15, -0.1) is 0 Å². The van der Waals surface area contributed by atoms with E-state index in [1.54, 1.807) is 24.3 Å². The Morgan fingerprint density at radius 2 is 2.00 bits per heavy atom. The number of carbonyl (C=O) groups excluding carboxylic acids is 4. The second-order valence-corrected chi connectivity index (χ2v) is 5.63. The van der Waals surface area contributed by atoms with Gasteiger partial charge in [-0.05, 0) is 23.9 Å². The molecule has 0 saturated carbocycles. The van der Waals surface area contributed by atoms with Crippen molar-refractivity contribution in [3.63, 3.8) is 0 Å². The number of ether oxygens (including phenoxy) is 2. The van der Waals surface area contributed by atoms with Crippen molar-refractivity contribution in [2.75, 3.05) is 20.3 Å². The fourth-order valence-corrected chi connectivity index (χ4v) is 2.68. The third kappa shape index (κ3) is 4.13. The van der Waals surface area contributed by atoms with E-state index in [4.69, 9.17) is 10.5 Å². The first-order valence-electron chi connectivity index (χ1n) is 6.74. The van der Waals surface area contributed by atoms with Gasteiger partial charge in [-0.1, -0.05) is 18.2 Å². The Bertz CT molecular complexity index is 730. The highest BCUT2D eigenvalue weighted by Gasteiger charge is 2.36. The number of benzene rings is 1. The molecule has 1 aliphatic heterocycles. The van der Waals surface area contributed by atoms with Gasteiger partial charge in [0.25, 0.3) is 17.1 Å². The molecule has 0 atom stereocenters. The van der Waals surface area contributed by atoms with Crippen LogP contribution in [0.5, 0.6) is 5.75 Å². The molecule has 3 amide bonds. The molecule has 1 aromatic carbocycles. The maximum absolute atomic E-state index is 12.2. The molecule has 2 N–H and O–H groups in total. The highest BCUT2D eigenvalue weighted by molar-refractivity contribution is 8.18. The minimum Gasteiger partial charge on any atom is -0.483 e. The van der Waals surface area contributed by atoms with E-state index in [2.05, 4.69) is 4.74 Å². The van der Waals surface area contributed by atoms with E-state index in [-0.39, 0.29) is 11.5 Å². The Balaban J connectivity index is 2.23. The van der Waals surface area contributed by atoms with Gasteiger partial charge in [0, 0.05) is 5.56 Å². The lowest BCUT2D eigenvalue weighted by atomic mass is 10.2. The summed E-state index contributed by atoms with van der Waals surface area (Å²) in [6, 6.07) is 6.66. The summed E-state index contributed by atoms with van der Waals surface area (Å²) in [6.07, 6.45) is 1.46. The number of nitrogens with zero attached hydrogens (tertiary/aromatic N) is 1. The molecule has 0 aliphatic carbocycles. The van der Waals surface area contributed by atoms with Crippen LogP contribution >= 0.6 is 11.8 Å². The van der Waals surface area contributed by atoms with Gasteiger partial charge in [-0.25, -0.2) is 0 Å². The Hall–Kier alpha value is -2.81. The molecule has 1 heterocycles. The molecular weight excluding hydrogens is 336 g/mol. The molecule has 1 saturated heterocycles. The normalized spacial score (nSPS) is 15.7. The third-order valence-electron chi connectivity index (χ3n) is 2.96. The number of esters is 1. The van der Waals surface area contributed by atoms with Crippen LogP contribution in [0.25, 0.3) is 6.08 Å². The van der Waals surface area contributed by atoms with Crippen molar-refractivity contribution in [1.29, 1.82) is 0 Å². The van der Waals surface area contributed by atoms with Gasteiger partial charge in [0.15, 0.2) is 6.61 Å². The monoisotopic (exact) mass is 350 g/mol. The number of amides is 3. The summed E-state index contributed by atoms with van der Waals surface area (Å²) < 4.78 is 9.73. The van der Waals surface area contributed by atoms with E-state index < -0.39 is 29.6 Å². The molecule has 24 heavy (non-hydrogen) atoms. The van der Waals surface area contributed by atoms with E-state index >= 15 is 0 Å². The van der Waals surface area contributed by atoms with Crippen molar-refractivity contribution in [2.24, 2.45) is 5.73 Å². The number of rotatable bonds is 6. The van der Waals surface area contributed by atoms with Crippen LogP contribution in [0.2, 0.25) is 0 Å². The Labute approximate surface area is 141 Å². The van der Waals surface area contributed by atoms with Crippen LogP contribution in [0.4, 0.5) is 4.79 Å². The molecule has 1 fully saturated rings. The highest BCUT2D eigenvalue weighted by atomic mass is 32.2. The number of hydrogen-bond donors (Lipinski definition) is 1. The van der Waals surface area contributed by atoms with E-state index in [1.807, 2.05) is 0 Å². The summed E-state index contributed by atoms with van der Waals surface area (Å²) in [5, 5.41) is -0.563. The second-order valence-electron chi connectivity index (χ2n) is 4.64. The summed E-state index contributed by atoms with van der Waals surface area (Å²) in [6.45, 7) is -0.757. The quantitative estimate of drug-likeness (QED) is 0.595. The van der Waals surface area contributed by atoms with Crippen LogP contribution in [0.3, 0.4) is 0 Å². The van der Waals surface area contributed by atoms with Gasteiger partial charge in [0.2, 0.25) is 0 Å². The van der Waals surface area contributed by atoms with Gasteiger partial charge in [0.1, 0.15) is 12.3 Å². The molecule has 0 radical (unpaired) electrons. The average molecular weight is 350 g/mol. The minimum absolute atomic E-state index is 0.138. The van der Waals surface area contributed by atoms with Crippen LogP contribution in [0.15, 0.2) is 29.2 Å². The van der Waals surface area contributed by atoms with Crippen LogP contribution in [-0.4, -0.2) is 48.2 Å². The van der Waals surface area contributed by atoms with Gasteiger partial charge >= 0.3 is 5.97 Å². The zero-order valence-electron chi connectivity index (χ0n) is 12.7. The first-order chi connectivity index (χ1) is 11.4. The van der Waals surface area contributed by atoms with E-state index in [0.717, 1.165) is 4.90 Å². The lowest BCUT2D eigenvalue weighted by Gasteiger charge is -2.10. The molecule has 126 valence electrons. The number of carbonyl (C=O) groups is 4. The molecule has 2 rings (SSSR count). The number of thioether (sulfide) groups is 1. The largest absolute Gasteiger partial charge is 0.483 e. The number of hydrogen-bond acceptors (Lipinski definition) is 7.